The molecule has 1 heterocycles. The Morgan fingerprint density at radius 3 is 2.31 bits per heavy atom. The van der Waals surface area contributed by atoms with Gasteiger partial charge in [0.15, 0.2) is 0 Å². The minimum absolute atomic E-state index is 0.131. The lowest BCUT2D eigenvalue weighted by Gasteiger charge is -2.15. The van der Waals surface area contributed by atoms with Crippen LogP contribution >= 0.6 is 0 Å². The summed E-state index contributed by atoms with van der Waals surface area (Å²) in [5.41, 5.74) is 5.15. The molecule has 0 spiro atoms. The second-order valence-electron chi connectivity index (χ2n) is 6.61. The summed E-state index contributed by atoms with van der Waals surface area (Å²) in [6.07, 6.45) is -4.75. The number of benzene rings is 3. The molecule has 0 bridgehead atoms. The number of hydrogen-bond donors (Lipinski definition) is 1. The van der Waals surface area contributed by atoms with Crippen LogP contribution in [0.15, 0.2) is 54.6 Å². The fraction of sp³-hybridized carbons (Fsp3) is 0.0952. The Morgan fingerprint density at radius 2 is 1.62 bits per heavy atom. The van der Waals surface area contributed by atoms with E-state index in [9.17, 15) is 26.7 Å². The third-order valence-corrected chi connectivity index (χ3v) is 4.82. The normalized spacial score (nSPS) is 12.0. The van der Waals surface area contributed by atoms with E-state index in [4.69, 9.17) is 5.73 Å². The summed E-state index contributed by atoms with van der Waals surface area (Å²) in [4.78, 5) is 11.9. The summed E-state index contributed by atoms with van der Waals surface area (Å²) in [5, 5.41) is 0.704. The number of nitrogens with zero attached hydrogens (tertiary/aromatic N) is 1. The Bertz CT molecular complexity index is 1270. The molecule has 1 amide bonds. The number of carbonyl (C=O) groups is 1. The quantitative estimate of drug-likeness (QED) is 0.467. The first kappa shape index (κ1) is 18.9. The number of aromatic nitrogens is 1. The van der Waals surface area contributed by atoms with Gasteiger partial charge >= 0.3 is 6.18 Å². The van der Waals surface area contributed by atoms with Crippen LogP contribution in [0.25, 0.3) is 21.8 Å². The van der Waals surface area contributed by atoms with Gasteiger partial charge in [-0.25, -0.2) is 8.78 Å². The van der Waals surface area contributed by atoms with Crippen molar-refractivity contribution in [2.45, 2.75) is 12.7 Å². The predicted molar refractivity (Wildman–Crippen MR) is 98.4 cm³/mol. The molecule has 4 rings (SSSR count). The monoisotopic (exact) mass is 404 g/mol. The lowest BCUT2D eigenvalue weighted by molar-refractivity contribution is -0.138. The van der Waals surface area contributed by atoms with Gasteiger partial charge in [0.05, 0.1) is 11.1 Å². The molecule has 3 nitrogen and oxygen atoms in total. The maximum absolute atomic E-state index is 13.9. The van der Waals surface area contributed by atoms with Crippen molar-refractivity contribution in [3.8, 4) is 0 Å². The van der Waals surface area contributed by atoms with E-state index in [0.29, 0.717) is 27.9 Å². The Balaban J connectivity index is 2.03. The number of carbonyl (C=O) groups excluding carboxylic acids is 1. The van der Waals surface area contributed by atoms with E-state index in [1.54, 1.807) is 12.1 Å². The minimum Gasteiger partial charge on any atom is -0.366 e. The summed E-state index contributed by atoms with van der Waals surface area (Å²) >= 11 is 0. The van der Waals surface area contributed by atoms with Crippen molar-refractivity contribution in [2.24, 2.45) is 5.73 Å². The highest BCUT2D eigenvalue weighted by molar-refractivity contribution is 6.17. The van der Waals surface area contributed by atoms with Crippen LogP contribution in [0.3, 0.4) is 0 Å². The standard InChI is InChI=1S/C21H13F5N2O/c22-12-6-7-17-15(8-12)19-14(20(27)29)2-1-3-18(19)28(17)10-11-4-5-13(23)9-16(11)21(24,25)26/h1-9H,10H2,(H2,27,29). The van der Waals surface area contributed by atoms with Gasteiger partial charge in [-0.3, -0.25) is 4.79 Å². The van der Waals surface area contributed by atoms with Crippen molar-refractivity contribution in [1.82, 2.24) is 4.57 Å². The van der Waals surface area contributed by atoms with Crippen LogP contribution in [0, 0.1) is 11.6 Å². The van der Waals surface area contributed by atoms with Crippen molar-refractivity contribution in [3.63, 3.8) is 0 Å². The Morgan fingerprint density at radius 1 is 0.931 bits per heavy atom. The fourth-order valence-corrected chi connectivity index (χ4v) is 3.62. The predicted octanol–water partition coefficient (Wildman–Crippen LogP) is 5.24. The van der Waals surface area contributed by atoms with Crippen LogP contribution in [0.5, 0.6) is 0 Å². The van der Waals surface area contributed by atoms with Gasteiger partial charge in [0.1, 0.15) is 11.6 Å². The molecule has 4 aromatic rings. The van der Waals surface area contributed by atoms with Crippen LogP contribution in [-0.4, -0.2) is 10.5 Å². The molecule has 148 valence electrons. The topological polar surface area (TPSA) is 48.0 Å². The van der Waals surface area contributed by atoms with Gasteiger partial charge in [0, 0.05) is 28.4 Å². The summed E-state index contributed by atoms with van der Waals surface area (Å²) < 4.78 is 69.1. The number of amides is 1. The molecule has 0 radical (unpaired) electrons. The summed E-state index contributed by atoms with van der Waals surface area (Å²) in [6.45, 7) is -0.261. The van der Waals surface area contributed by atoms with Crippen LogP contribution < -0.4 is 5.73 Å². The van der Waals surface area contributed by atoms with E-state index >= 15 is 0 Å². The number of halogens is 5. The van der Waals surface area contributed by atoms with E-state index in [2.05, 4.69) is 0 Å². The van der Waals surface area contributed by atoms with Crippen molar-refractivity contribution >= 4 is 27.7 Å². The molecule has 0 saturated carbocycles. The van der Waals surface area contributed by atoms with Crippen molar-refractivity contribution in [2.75, 3.05) is 0 Å². The third-order valence-electron chi connectivity index (χ3n) is 4.82. The van der Waals surface area contributed by atoms with Crippen LogP contribution in [0.2, 0.25) is 0 Å². The van der Waals surface area contributed by atoms with E-state index in [-0.39, 0.29) is 17.7 Å². The van der Waals surface area contributed by atoms with E-state index in [1.807, 2.05) is 0 Å². The molecule has 0 fully saturated rings. The van der Waals surface area contributed by atoms with Gasteiger partial charge in [-0.1, -0.05) is 12.1 Å². The molecule has 29 heavy (non-hydrogen) atoms. The zero-order valence-electron chi connectivity index (χ0n) is 14.7. The molecule has 0 atom stereocenters. The molecule has 0 unspecified atom stereocenters. The molecule has 0 aliphatic heterocycles. The van der Waals surface area contributed by atoms with Gasteiger partial charge in [-0.05, 0) is 48.0 Å². The zero-order chi connectivity index (χ0) is 20.9. The number of rotatable bonds is 3. The molecule has 0 aliphatic carbocycles. The average Bonchev–Trinajstić information content (AvgIpc) is 2.95. The molecule has 8 heteroatoms. The SMILES string of the molecule is NC(=O)c1cccc2c1c1cc(F)ccc1n2Cc1ccc(F)cc1C(F)(F)F. The van der Waals surface area contributed by atoms with Crippen molar-refractivity contribution < 1.29 is 26.7 Å². The van der Waals surface area contributed by atoms with E-state index in [1.165, 1.54) is 28.8 Å². The Kier molecular flexibility index (Phi) is 4.29. The molecule has 0 saturated heterocycles. The first-order valence-electron chi connectivity index (χ1n) is 8.52. The van der Waals surface area contributed by atoms with Gasteiger partial charge < -0.3 is 10.3 Å². The maximum Gasteiger partial charge on any atom is 0.416 e. The highest BCUT2D eigenvalue weighted by Crippen LogP contribution is 2.36. The number of primary amides is 1. The van der Waals surface area contributed by atoms with Gasteiger partial charge in [0.2, 0.25) is 5.91 Å². The van der Waals surface area contributed by atoms with Crippen molar-refractivity contribution in [1.29, 1.82) is 0 Å². The van der Waals surface area contributed by atoms with Crippen molar-refractivity contribution in [3.05, 3.63) is 82.9 Å². The van der Waals surface area contributed by atoms with Crippen LogP contribution in [-0.2, 0) is 12.7 Å². The molecular formula is C21H13F5N2O. The molecule has 2 N–H and O–H groups in total. The number of fused-ring (bicyclic) bond motifs is 3. The lowest BCUT2D eigenvalue weighted by Crippen LogP contribution is -2.13. The maximum atomic E-state index is 13.9. The molecule has 3 aromatic carbocycles. The largest absolute Gasteiger partial charge is 0.416 e. The summed E-state index contributed by atoms with van der Waals surface area (Å²) in [5.74, 6) is -2.30. The smallest absolute Gasteiger partial charge is 0.366 e. The zero-order valence-corrected chi connectivity index (χ0v) is 14.7. The van der Waals surface area contributed by atoms with E-state index < -0.39 is 29.3 Å². The third kappa shape index (κ3) is 3.20. The van der Waals surface area contributed by atoms with Crippen LogP contribution in [0.4, 0.5) is 22.0 Å². The second kappa shape index (κ2) is 6.58. The Labute approximate surface area is 161 Å². The number of nitrogens with two attached hydrogens (primary N) is 1. The number of hydrogen-bond acceptors (Lipinski definition) is 1. The van der Waals surface area contributed by atoms with E-state index in [0.717, 1.165) is 12.1 Å². The first-order valence-corrected chi connectivity index (χ1v) is 8.52. The fourth-order valence-electron chi connectivity index (χ4n) is 3.62. The molecule has 1 aromatic heterocycles. The van der Waals surface area contributed by atoms with Gasteiger partial charge in [0.25, 0.3) is 0 Å². The summed E-state index contributed by atoms with van der Waals surface area (Å²) in [6, 6.07) is 10.9. The number of alkyl halides is 3. The lowest BCUT2D eigenvalue weighted by atomic mass is 10.1. The molecule has 0 aliphatic rings. The second-order valence-corrected chi connectivity index (χ2v) is 6.61. The van der Waals surface area contributed by atoms with Gasteiger partial charge in [-0.15, -0.1) is 0 Å². The summed E-state index contributed by atoms with van der Waals surface area (Å²) in [7, 11) is 0. The molecular weight excluding hydrogens is 391 g/mol. The minimum atomic E-state index is -4.75. The highest BCUT2D eigenvalue weighted by Gasteiger charge is 2.34. The first-order chi connectivity index (χ1) is 13.7. The Hall–Kier alpha value is -3.42. The highest BCUT2D eigenvalue weighted by atomic mass is 19.4. The van der Waals surface area contributed by atoms with Crippen LogP contribution in [0.1, 0.15) is 21.5 Å². The average molecular weight is 404 g/mol. The van der Waals surface area contributed by atoms with Gasteiger partial charge in [-0.2, -0.15) is 13.2 Å².